The minimum atomic E-state index is -3.60. The molecule has 4 aromatic rings. The van der Waals surface area contributed by atoms with E-state index in [1.807, 2.05) is 6.07 Å². The molecule has 0 radical (unpaired) electrons. The Morgan fingerprint density at radius 3 is 2.14 bits per heavy atom. The first-order chi connectivity index (χ1) is 24.0. The van der Waals surface area contributed by atoms with Gasteiger partial charge < -0.3 is 15.2 Å². The summed E-state index contributed by atoms with van der Waals surface area (Å²) < 4.78 is 61.6. The van der Waals surface area contributed by atoms with Gasteiger partial charge in [0.2, 0.25) is 24.9 Å². The number of para-hydroxylation sites is 1. The molecule has 0 spiro atoms. The molecule has 4 aromatic carbocycles. The van der Waals surface area contributed by atoms with Gasteiger partial charge in [0.15, 0.2) is 23.2 Å². The van der Waals surface area contributed by atoms with Gasteiger partial charge in [-0.25, -0.2) is 13.9 Å². The summed E-state index contributed by atoms with van der Waals surface area (Å²) in [6, 6.07) is 19.9. The molecule has 2 aliphatic rings. The summed E-state index contributed by atoms with van der Waals surface area (Å²) in [6.07, 6.45) is -0.227. The minimum absolute atomic E-state index is 0.0344. The van der Waals surface area contributed by atoms with Crippen molar-refractivity contribution in [3.05, 3.63) is 120 Å². The highest BCUT2D eigenvalue weighted by atomic mass is 31.2. The molecule has 0 saturated carbocycles. The summed E-state index contributed by atoms with van der Waals surface area (Å²) in [5.74, 6) is -9.51. The van der Waals surface area contributed by atoms with Gasteiger partial charge in [0.1, 0.15) is 18.7 Å². The van der Waals surface area contributed by atoms with Crippen molar-refractivity contribution < 1.29 is 46.8 Å². The summed E-state index contributed by atoms with van der Waals surface area (Å²) in [7, 11) is -3.60. The largest absolute Gasteiger partial charge is 0.481 e. The van der Waals surface area contributed by atoms with Gasteiger partial charge >= 0.3 is 5.97 Å². The van der Waals surface area contributed by atoms with E-state index in [0.717, 1.165) is 5.56 Å². The molecule has 0 aliphatic carbocycles. The van der Waals surface area contributed by atoms with Crippen LogP contribution in [0.4, 0.5) is 18.9 Å². The highest BCUT2D eigenvalue weighted by Gasteiger charge is 2.46. The minimum Gasteiger partial charge on any atom is -0.481 e. The lowest BCUT2D eigenvalue weighted by Crippen LogP contribution is -2.56. The number of hydrogen-bond donors (Lipinski definition) is 3. The van der Waals surface area contributed by atoms with Crippen molar-refractivity contribution in [1.82, 2.24) is 10.4 Å². The zero-order valence-electron chi connectivity index (χ0n) is 26.4. The maximum atomic E-state index is 14.9. The second kappa shape index (κ2) is 14.3. The van der Waals surface area contributed by atoms with Crippen molar-refractivity contribution in [2.45, 2.75) is 43.8 Å². The number of benzene rings is 4. The lowest BCUT2D eigenvalue weighted by Gasteiger charge is -2.31. The van der Waals surface area contributed by atoms with Crippen LogP contribution in [0.3, 0.4) is 0 Å². The van der Waals surface area contributed by atoms with Crippen LogP contribution < -0.4 is 30.6 Å². The zero-order valence-corrected chi connectivity index (χ0v) is 27.2. The Morgan fingerprint density at radius 2 is 1.50 bits per heavy atom. The van der Waals surface area contributed by atoms with E-state index in [1.165, 1.54) is 4.90 Å². The van der Waals surface area contributed by atoms with Crippen LogP contribution in [-0.4, -0.2) is 53.4 Å². The van der Waals surface area contributed by atoms with Crippen molar-refractivity contribution in [3.63, 3.8) is 0 Å². The Bertz CT molecular complexity index is 1970. The number of carboxylic acid groups (broad SMARTS) is 1. The van der Waals surface area contributed by atoms with E-state index in [0.29, 0.717) is 40.4 Å². The van der Waals surface area contributed by atoms with Crippen molar-refractivity contribution in [2.75, 3.05) is 11.5 Å². The second-order valence-corrected chi connectivity index (χ2v) is 14.4. The molecule has 50 heavy (non-hydrogen) atoms. The number of carboxylic acids is 1. The summed E-state index contributed by atoms with van der Waals surface area (Å²) in [6.45, 7) is -1.09. The third-order valence-electron chi connectivity index (χ3n) is 8.73. The molecular weight excluding hydrogens is 674 g/mol. The molecule has 2 amide bonds. The maximum Gasteiger partial charge on any atom is 0.305 e. The molecule has 14 heteroatoms. The van der Waals surface area contributed by atoms with Gasteiger partial charge in [-0.05, 0) is 60.4 Å². The normalized spacial score (nSPS) is 17.4. The molecule has 2 heterocycles. The number of ketones is 1. The van der Waals surface area contributed by atoms with Crippen LogP contribution in [-0.2, 0) is 36.6 Å². The SMILES string of the molecule is O=C(O)CC(NC(=O)[C@@H]1Cc2cccc3c2N1C(=O)[C@@H](NP(=O)(c1ccccc1)c1ccccc1)CC3)C(=O)COc1c(F)ccc(F)c1F. The first-order valence-electron chi connectivity index (χ1n) is 15.7. The number of nitrogens with zero attached hydrogens (tertiary/aromatic N) is 1. The molecule has 6 rings (SSSR count). The topological polar surface area (TPSA) is 142 Å². The standard InChI is InChI=1S/C36H31F3N3O7P/c37-25-15-16-26(38)34(32(25)39)49-20-30(43)28(19-31(44)45)40-35(46)29-18-22-9-7-8-21-14-17-27(36(47)42(29)33(21)22)41-50(48,23-10-3-1-4-11-23)24-12-5-2-6-13-24/h1-13,15-16,27-29H,14,17-20H2,(H,40,46)(H,41,48)(H,44,45)/t27-,28?,29-/m0/s1. The van der Waals surface area contributed by atoms with Gasteiger partial charge in [-0.1, -0.05) is 54.6 Å². The highest BCUT2D eigenvalue weighted by molar-refractivity contribution is 7.77. The Morgan fingerprint density at radius 1 is 0.880 bits per heavy atom. The van der Waals surface area contributed by atoms with E-state index in [-0.39, 0.29) is 12.8 Å². The van der Waals surface area contributed by atoms with E-state index in [9.17, 15) is 42.0 Å². The van der Waals surface area contributed by atoms with Gasteiger partial charge in [0.05, 0.1) is 18.2 Å². The molecule has 3 N–H and O–H groups in total. The molecular formula is C36H31F3N3O7P. The fourth-order valence-electron chi connectivity index (χ4n) is 6.33. The lowest BCUT2D eigenvalue weighted by atomic mass is 10.0. The fourth-order valence-corrected chi connectivity index (χ4v) is 8.79. The highest BCUT2D eigenvalue weighted by Crippen LogP contribution is 2.43. The number of halogens is 3. The molecule has 3 atom stereocenters. The van der Waals surface area contributed by atoms with Crippen LogP contribution in [0.5, 0.6) is 5.75 Å². The van der Waals surface area contributed by atoms with Crippen molar-refractivity contribution in [3.8, 4) is 5.75 Å². The average Bonchev–Trinajstić information content (AvgIpc) is 3.46. The Balaban J connectivity index is 1.27. The van der Waals surface area contributed by atoms with Gasteiger partial charge in [0.25, 0.3) is 0 Å². The quantitative estimate of drug-likeness (QED) is 0.149. The number of rotatable bonds is 12. The Hall–Kier alpha value is -5.26. The van der Waals surface area contributed by atoms with E-state index < -0.39 is 85.2 Å². The number of Topliss-reactive ketones (excluding diaryl/α,β-unsaturated/α-hetero) is 1. The van der Waals surface area contributed by atoms with Crippen LogP contribution in [0.1, 0.15) is 24.0 Å². The Kier molecular flexibility index (Phi) is 9.90. The van der Waals surface area contributed by atoms with Crippen LogP contribution >= 0.6 is 7.29 Å². The second-order valence-electron chi connectivity index (χ2n) is 11.9. The fraction of sp³-hybridized carbons (Fsp3) is 0.222. The predicted octanol–water partition coefficient (Wildman–Crippen LogP) is 3.80. The predicted molar refractivity (Wildman–Crippen MR) is 177 cm³/mol. The summed E-state index contributed by atoms with van der Waals surface area (Å²) >= 11 is 0. The molecule has 0 bridgehead atoms. The van der Waals surface area contributed by atoms with E-state index >= 15 is 0 Å². The monoisotopic (exact) mass is 705 g/mol. The van der Waals surface area contributed by atoms with E-state index in [4.69, 9.17) is 4.74 Å². The molecule has 10 nitrogen and oxygen atoms in total. The van der Waals surface area contributed by atoms with Gasteiger partial charge in [-0.15, -0.1) is 0 Å². The summed E-state index contributed by atoms with van der Waals surface area (Å²) in [4.78, 5) is 54.4. The zero-order chi connectivity index (χ0) is 35.6. The third kappa shape index (κ3) is 6.79. The van der Waals surface area contributed by atoms with Crippen molar-refractivity contribution in [2.24, 2.45) is 0 Å². The molecule has 2 aliphatic heterocycles. The number of carbonyl (C=O) groups is 4. The number of anilines is 1. The van der Waals surface area contributed by atoms with Crippen molar-refractivity contribution in [1.29, 1.82) is 0 Å². The van der Waals surface area contributed by atoms with E-state index in [2.05, 4.69) is 10.4 Å². The number of ether oxygens (including phenoxy) is 1. The lowest BCUT2D eigenvalue weighted by molar-refractivity contribution is -0.140. The Labute approximate surface area is 284 Å². The molecule has 0 saturated heterocycles. The van der Waals surface area contributed by atoms with Crippen LogP contribution in [0.15, 0.2) is 91.0 Å². The van der Waals surface area contributed by atoms with Gasteiger partial charge in [0, 0.05) is 17.0 Å². The van der Waals surface area contributed by atoms with Gasteiger partial charge in [-0.2, -0.15) is 4.39 Å². The maximum absolute atomic E-state index is 14.9. The number of amides is 2. The van der Waals surface area contributed by atoms with Crippen LogP contribution in [0, 0.1) is 17.5 Å². The van der Waals surface area contributed by atoms with Crippen molar-refractivity contribution >= 4 is 47.2 Å². The van der Waals surface area contributed by atoms with E-state index in [1.54, 1.807) is 72.8 Å². The molecule has 1 unspecified atom stereocenters. The summed E-state index contributed by atoms with van der Waals surface area (Å²) in [5.41, 5.74) is 1.96. The van der Waals surface area contributed by atoms with Crippen LogP contribution in [0.25, 0.3) is 0 Å². The molecule has 0 aromatic heterocycles. The third-order valence-corrected chi connectivity index (χ3v) is 11.5. The first kappa shape index (κ1) is 34.6. The molecule has 0 fully saturated rings. The number of nitrogens with one attached hydrogen (secondary N) is 2. The summed E-state index contributed by atoms with van der Waals surface area (Å²) in [5, 5.41) is 16.0. The van der Waals surface area contributed by atoms with Gasteiger partial charge in [-0.3, -0.25) is 28.6 Å². The smallest absolute Gasteiger partial charge is 0.305 e. The number of aliphatic carboxylic acids is 1. The molecule has 258 valence electrons. The first-order valence-corrected chi connectivity index (χ1v) is 17.4. The number of hydrogen-bond acceptors (Lipinski definition) is 6. The number of aryl methyl sites for hydroxylation is 1. The van der Waals surface area contributed by atoms with Crippen LogP contribution in [0.2, 0.25) is 0 Å². The number of carbonyl (C=O) groups excluding carboxylic acids is 3. The average molecular weight is 706 g/mol.